The fourth-order valence-electron chi connectivity index (χ4n) is 1.79. The lowest BCUT2D eigenvalue weighted by molar-refractivity contribution is -0.158. The molecule has 1 aliphatic heterocycles. The third kappa shape index (κ3) is 13.3. The molecule has 1 heterocycles. The van der Waals surface area contributed by atoms with Crippen molar-refractivity contribution < 1.29 is 23.6 Å². The minimum Gasteiger partial charge on any atom is -0.460 e. The molecular formula is C18H35BO5. The van der Waals surface area contributed by atoms with E-state index < -0.39 is 18.8 Å². The number of esters is 1. The zero-order valence-corrected chi connectivity index (χ0v) is 16.5. The van der Waals surface area contributed by atoms with Crippen LogP contribution in [0.5, 0.6) is 0 Å². The van der Waals surface area contributed by atoms with E-state index in [1.54, 1.807) is 0 Å². The lowest BCUT2D eigenvalue weighted by atomic mass is 9.82. The van der Waals surface area contributed by atoms with Crippen molar-refractivity contribution in [2.24, 2.45) is 0 Å². The Bertz CT molecular complexity index is 352. The number of rotatable bonds is 5. The van der Waals surface area contributed by atoms with Gasteiger partial charge in [0.15, 0.2) is 0 Å². The van der Waals surface area contributed by atoms with Gasteiger partial charge < -0.3 is 18.8 Å². The van der Waals surface area contributed by atoms with Crippen molar-refractivity contribution >= 4 is 19.4 Å². The van der Waals surface area contributed by atoms with E-state index in [-0.39, 0.29) is 18.5 Å². The fraction of sp³-hybridized carbons (Fsp3) is 0.778. The van der Waals surface area contributed by atoms with Gasteiger partial charge in [-0.05, 0) is 33.5 Å². The predicted octanol–water partition coefficient (Wildman–Crippen LogP) is 4.21. The molecule has 0 aromatic carbocycles. The molecule has 140 valence electrons. The Morgan fingerprint density at radius 1 is 1.29 bits per heavy atom. The molecule has 1 rings (SSSR count). The van der Waals surface area contributed by atoms with Crippen LogP contribution in [-0.2, 0) is 23.6 Å². The monoisotopic (exact) mass is 342 g/mol. The van der Waals surface area contributed by atoms with E-state index in [9.17, 15) is 9.59 Å². The van der Waals surface area contributed by atoms with Gasteiger partial charge in [0.25, 0.3) is 0 Å². The molecule has 0 bridgehead atoms. The number of hydrogen-bond acceptors (Lipinski definition) is 5. The Labute approximate surface area is 148 Å². The van der Waals surface area contributed by atoms with E-state index in [4.69, 9.17) is 14.0 Å². The highest BCUT2D eigenvalue weighted by molar-refractivity contribution is 6.44. The summed E-state index contributed by atoms with van der Waals surface area (Å²) in [4.78, 5) is 22.5. The molecule has 0 amide bonds. The Morgan fingerprint density at radius 2 is 1.83 bits per heavy atom. The molecule has 6 heteroatoms. The molecular weight excluding hydrogens is 307 g/mol. The molecule has 0 aromatic rings. The third-order valence-corrected chi connectivity index (χ3v) is 2.75. The maximum atomic E-state index is 11.7. The van der Waals surface area contributed by atoms with Crippen LogP contribution in [0.4, 0.5) is 0 Å². The molecule has 1 aliphatic rings. The first-order valence-corrected chi connectivity index (χ1v) is 8.84. The molecule has 0 radical (unpaired) electrons. The molecule has 0 aromatic heterocycles. The van der Waals surface area contributed by atoms with Crippen LogP contribution in [0.2, 0.25) is 6.32 Å². The van der Waals surface area contributed by atoms with Gasteiger partial charge in [0, 0.05) is 6.42 Å². The van der Waals surface area contributed by atoms with Gasteiger partial charge in [0.1, 0.15) is 18.0 Å². The van der Waals surface area contributed by atoms with Crippen LogP contribution in [0.25, 0.3) is 0 Å². The molecule has 0 aliphatic carbocycles. The summed E-state index contributed by atoms with van der Waals surface area (Å²) in [5, 5.41) is 0. The van der Waals surface area contributed by atoms with E-state index in [0.717, 1.165) is 12.7 Å². The Kier molecular flexibility index (Phi) is 14.9. The highest BCUT2D eigenvalue weighted by atomic mass is 16.6. The lowest BCUT2D eigenvalue weighted by Crippen LogP contribution is -2.43. The topological polar surface area (TPSA) is 61.8 Å². The summed E-state index contributed by atoms with van der Waals surface area (Å²) < 4.78 is 16.2. The number of ether oxygens (including phenoxy) is 1. The predicted molar refractivity (Wildman–Crippen MR) is 99.0 cm³/mol. The zero-order valence-electron chi connectivity index (χ0n) is 16.5. The van der Waals surface area contributed by atoms with Gasteiger partial charge in [-0.25, -0.2) is 0 Å². The second kappa shape index (κ2) is 14.2. The van der Waals surface area contributed by atoms with Gasteiger partial charge in [-0.1, -0.05) is 33.8 Å². The van der Waals surface area contributed by atoms with Crippen LogP contribution in [0.3, 0.4) is 0 Å². The van der Waals surface area contributed by atoms with Crippen LogP contribution in [0.1, 0.15) is 67.7 Å². The Balaban J connectivity index is 0. The average molecular weight is 342 g/mol. The number of aldehydes is 1. The molecule has 2 atom stereocenters. The first-order chi connectivity index (χ1) is 11.3. The van der Waals surface area contributed by atoms with Crippen molar-refractivity contribution in [1.29, 1.82) is 0 Å². The summed E-state index contributed by atoms with van der Waals surface area (Å²) in [7, 11) is -0.415. The van der Waals surface area contributed by atoms with Crippen molar-refractivity contribution in [1.82, 2.24) is 0 Å². The third-order valence-electron chi connectivity index (χ3n) is 2.75. The highest BCUT2D eigenvalue weighted by Crippen LogP contribution is 2.21. The van der Waals surface area contributed by atoms with Crippen LogP contribution in [0, 0.1) is 0 Å². The zero-order chi connectivity index (χ0) is 19.2. The molecule has 0 saturated carbocycles. The minimum absolute atomic E-state index is 0.154. The summed E-state index contributed by atoms with van der Waals surface area (Å²) in [6.45, 7) is 16.9. The average Bonchev–Trinajstić information content (AvgIpc) is 2.54. The van der Waals surface area contributed by atoms with Gasteiger partial charge in [-0.15, -0.1) is 6.58 Å². The lowest BCUT2D eigenvalue weighted by Gasteiger charge is -2.31. The quantitative estimate of drug-likeness (QED) is 0.324. The van der Waals surface area contributed by atoms with Crippen LogP contribution >= 0.6 is 0 Å². The van der Waals surface area contributed by atoms with Gasteiger partial charge in [0.2, 0.25) is 0 Å². The second-order valence-electron chi connectivity index (χ2n) is 6.13. The van der Waals surface area contributed by atoms with Crippen molar-refractivity contribution in [3.8, 4) is 0 Å². The normalized spacial score (nSPS) is 19.9. The SMILES string of the molecule is C=CCC.CC.CCB1OC(C=O)CC(CC(=O)OC(C)(C)C)O1. The van der Waals surface area contributed by atoms with Crippen molar-refractivity contribution in [2.75, 3.05) is 0 Å². The largest absolute Gasteiger partial charge is 0.460 e. The number of hydrogen-bond donors (Lipinski definition) is 0. The van der Waals surface area contributed by atoms with Crippen LogP contribution < -0.4 is 0 Å². The standard InChI is InChI=1S/C12H21BO5.C4H8.C2H6/c1-5-13-17-9(6-10(8-14)18-13)7-11(15)16-12(2,3)4;1-3-4-2;1-2/h8-10H,5-7H2,1-4H3;3H,1,4H2,2H3;1-2H3. The summed E-state index contributed by atoms with van der Waals surface area (Å²) >= 11 is 0. The molecule has 5 nitrogen and oxygen atoms in total. The first-order valence-electron chi connectivity index (χ1n) is 8.84. The Morgan fingerprint density at radius 3 is 2.21 bits per heavy atom. The van der Waals surface area contributed by atoms with E-state index >= 15 is 0 Å². The maximum absolute atomic E-state index is 11.7. The Hall–Kier alpha value is -1.14. The minimum atomic E-state index is -0.504. The first kappa shape index (κ1) is 25.1. The molecule has 1 fully saturated rings. The highest BCUT2D eigenvalue weighted by Gasteiger charge is 2.34. The summed E-state index contributed by atoms with van der Waals surface area (Å²) in [6.07, 6.45) is 4.12. The van der Waals surface area contributed by atoms with Crippen molar-refractivity contribution in [2.45, 2.75) is 91.9 Å². The van der Waals surface area contributed by atoms with Gasteiger partial charge >= 0.3 is 13.1 Å². The van der Waals surface area contributed by atoms with Crippen molar-refractivity contribution in [3.63, 3.8) is 0 Å². The molecule has 0 N–H and O–H groups in total. The summed E-state index contributed by atoms with van der Waals surface area (Å²) in [6, 6.07) is 0. The van der Waals surface area contributed by atoms with E-state index in [2.05, 4.69) is 13.5 Å². The smallest absolute Gasteiger partial charge is 0.457 e. The molecule has 1 saturated heterocycles. The van der Waals surface area contributed by atoms with Gasteiger partial charge in [-0.3, -0.25) is 4.79 Å². The van der Waals surface area contributed by atoms with E-state index in [1.165, 1.54) is 0 Å². The second-order valence-corrected chi connectivity index (χ2v) is 6.13. The fourth-order valence-corrected chi connectivity index (χ4v) is 1.79. The molecule has 2 unspecified atom stereocenters. The van der Waals surface area contributed by atoms with Crippen LogP contribution in [-0.4, -0.2) is 37.2 Å². The van der Waals surface area contributed by atoms with Gasteiger partial charge in [0.05, 0.1) is 12.5 Å². The van der Waals surface area contributed by atoms with Crippen molar-refractivity contribution in [3.05, 3.63) is 12.7 Å². The number of allylic oxidation sites excluding steroid dienone is 1. The molecule has 0 spiro atoms. The summed E-state index contributed by atoms with van der Waals surface area (Å²) in [5.74, 6) is -0.311. The maximum Gasteiger partial charge on any atom is 0.457 e. The van der Waals surface area contributed by atoms with Crippen LogP contribution in [0.15, 0.2) is 12.7 Å². The molecule has 24 heavy (non-hydrogen) atoms. The van der Waals surface area contributed by atoms with E-state index in [1.807, 2.05) is 47.6 Å². The number of carbonyl (C=O) groups excluding carboxylic acids is 2. The van der Waals surface area contributed by atoms with Gasteiger partial charge in [-0.2, -0.15) is 0 Å². The van der Waals surface area contributed by atoms with E-state index in [0.29, 0.717) is 12.7 Å². The number of carbonyl (C=O) groups is 2. The summed E-state index contributed by atoms with van der Waals surface area (Å²) in [5.41, 5.74) is -0.504.